The number of hydrogen-bond donors (Lipinski definition) is 2. The molecule has 2 aromatic carbocycles. The van der Waals surface area contributed by atoms with E-state index in [1.165, 1.54) is 18.2 Å². The van der Waals surface area contributed by atoms with Crippen molar-refractivity contribution in [3.8, 4) is 5.75 Å². The van der Waals surface area contributed by atoms with Gasteiger partial charge in [0.25, 0.3) is 0 Å². The number of halogens is 1. The van der Waals surface area contributed by atoms with Crippen molar-refractivity contribution in [3.63, 3.8) is 0 Å². The zero-order chi connectivity index (χ0) is 15.3. The summed E-state index contributed by atoms with van der Waals surface area (Å²) >= 11 is 0. The van der Waals surface area contributed by atoms with Gasteiger partial charge in [-0.3, -0.25) is 0 Å². The van der Waals surface area contributed by atoms with Gasteiger partial charge in [0.15, 0.2) is 0 Å². The molecule has 1 aliphatic rings. The minimum Gasteiger partial charge on any atom is -0.371 e. The van der Waals surface area contributed by atoms with Gasteiger partial charge in [0.1, 0.15) is 11.6 Å². The molecule has 0 radical (unpaired) electrons. The molecule has 0 saturated carbocycles. The van der Waals surface area contributed by atoms with Crippen LogP contribution in [0.5, 0.6) is 5.75 Å². The second kappa shape index (κ2) is 4.56. The van der Waals surface area contributed by atoms with E-state index in [0.717, 1.165) is 10.9 Å². The minimum atomic E-state index is -3.94. The van der Waals surface area contributed by atoms with E-state index in [-0.39, 0.29) is 5.75 Å². The van der Waals surface area contributed by atoms with Gasteiger partial charge in [-0.25, -0.2) is 4.39 Å². The maximum atomic E-state index is 13.6. The highest BCUT2D eigenvalue weighted by molar-refractivity contribution is 7.85. The number of aromatic amines is 1. The molecule has 1 unspecified atom stereocenters. The summed E-state index contributed by atoms with van der Waals surface area (Å²) in [7, 11) is -3.94. The molecule has 0 bridgehead atoms. The van der Waals surface area contributed by atoms with Gasteiger partial charge >= 0.3 is 10.3 Å². The van der Waals surface area contributed by atoms with E-state index in [9.17, 15) is 12.8 Å². The standard InChI is InChI=1S/C15H11FN2O3S/c16-9-5-6-14-11(7-9)15(18-22(19,20)21-14)12-8-17-13-4-2-1-3-10(12)13/h1-8,15,17-18H. The molecule has 1 atom stereocenters. The van der Waals surface area contributed by atoms with Crippen molar-refractivity contribution in [2.75, 3.05) is 0 Å². The highest BCUT2D eigenvalue weighted by Gasteiger charge is 2.33. The van der Waals surface area contributed by atoms with E-state index >= 15 is 0 Å². The molecule has 4 rings (SSSR count). The molecule has 0 aliphatic carbocycles. The van der Waals surface area contributed by atoms with Crippen molar-refractivity contribution in [3.05, 3.63) is 65.6 Å². The Balaban J connectivity index is 1.96. The predicted molar refractivity (Wildman–Crippen MR) is 79.2 cm³/mol. The third-order valence-electron chi connectivity index (χ3n) is 3.68. The van der Waals surface area contributed by atoms with E-state index in [0.29, 0.717) is 11.1 Å². The summed E-state index contributed by atoms with van der Waals surface area (Å²) in [6, 6.07) is 10.6. The number of benzene rings is 2. The molecule has 3 aromatic rings. The molecule has 7 heteroatoms. The fraction of sp³-hybridized carbons (Fsp3) is 0.0667. The SMILES string of the molecule is O=S1(=O)NC(c2c[nH]c3ccccc23)c2cc(F)ccc2O1. The molecule has 2 heterocycles. The Morgan fingerprint density at radius 1 is 1.09 bits per heavy atom. The van der Waals surface area contributed by atoms with Crippen molar-refractivity contribution in [1.82, 2.24) is 9.71 Å². The van der Waals surface area contributed by atoms with Crippen LogP contribution in [-0.2, 0) is 10.3 Å². The van der Waals surface area contributed by atoms with Crippen LogP contribution < -0.4 is 8.91 Å². The highest BCUT2D eigenvalue weighted by atomic mass is 32.2. The van der Waals surface area contributed by atoms with Crippen molar-refractivity contribution in [1.29, 1.82) is 0 Å². The van der Waals surface area contributed by atoms with E-state index in [4.69, 9.17) is 4.18 Å². The van der Waals surface area contributed by atoms with Crippen molar-refractivity contribution < 1.29 is 17.0 Å². The van der Waals surface area contributed by atoms with E-state index in [1.54, 1.807) is 6.20 Å². The molecule has 2 N–H and O–H groups in total. The Labute approximate surface area is 126 Å². The van der Waals surface area contributed by atoms with Gasteiger partial charge in [0, 0.05) is 28.2 Å². The monoisotopic (exact) mass is 318 g/mol. The maximum absolute atomic E-state index is 13.6. The summed E-state index contributed by atoms with van der Waals surface area (Å²) in [4.78, 5) is 3.09. The molecule has 0 fully saturated rings. The van der Waals surface area contributed by atoms with Crippen LogP contribution in [0, 0.1) is 5.82 Å². The van der Waals surface area contributed by atoms with Crippen LogP contribution in [0.4, 0.5) is 4.39 Å². The van der Waals surface area contributed by atoms with Gasteiger partial charge in [0.05, 0.1) is 6.04 Å². The Kier molecular flexibility index (Phi) is 2.75. The van der Waals surface area contributed by atoms with Crippen LogP contribution >= 0.6 is 0 Å². The molecule has 22 heavy (non-hydrogen) atoms. The lowest BCUT2D eigenvalue weighted by atomic mass is 9.98. The van der Waals surface area contributed by atoms with Crippen molar-refractivity contribution in [2.45, 2.75) is 6.04 Å². The lowest BCUT2D eigenvalue weighted by molar-refractivity contribution is 0.440. The predicted octanol–water partition coefficient (Wildman–Crippen LogP) is 2.62. The number of para-hydroxylation sites is 1. The lowest BCUT2D eigenvalue weighted by Gasteiger charge is -2.26. The average molecular weight is 318 g/mol. The van der Waals surface area contributed by atoms with Gasteiger partial charge in [-0.15, -0.1) is 0 Å². The molecule has 5 nitrogen and oxygen atoms in total. The van der Waals surface area contributed by atoms with Crippen LogP contribution in [-0.4, -0.2) is 13.4 Å². The summed E-state index contributed by atoms with van der Waals surface area (Å²) in [6.45, 7) is 0. The fourth-order valence-electron chi connectivity index (χ4n) is 2.73. The highest BCUT2D eigenvalue weighted by Crippen LogP contribution is 2.38. The van der Waals surface area contributed by atoms with Gasteiger partial charge < -0.3 is 9.17 Å². The van der Waals surface area contributed by atoms with E-state index in [1.807, 2.05) is 24.3 Å². The zero-order valence-corrected chi connectivity index (χ0v) is 12.0. The van der Waals surface area contributed by atoms with E-state index < -0.39 is 22.2 Å². The van der Waals surface area contributed by atoms with Gasteiger partial charge in [0.2, 0.25) is 0 Å². The third kappa shape index (κ3) is 2.06. The second-order valence-corrected chi connectivity index (χ2v) is 6.37. The number of rotatable bonds is 1. The first-order chi connectivity index (χ1) is 10.5. The average Bonchev–Trinajstić information content (AvgIpc) is 2.90. The van der Waals surface area contributed by atoms with E-state index in [2.05, 4.69) is 9.71 Å². The first kappa shape index (κ1) is 13.3. The van der Waals surface area contributed by atoms with Crippen LogP contribution in [0.25, 0.3) is 10.9 Å². The molecule has 112 valence electrons. The largest absolute Gasteiger partial charge is 0.383 e. The van der Waals surface area contributed by atoms with Gasteiger partial charge in [-0.1, -0.05) is 18.2 Å². The zero-order valence-electron chi connectivity index (χ0n) is 11.2. The first-order valence-electron chi connectivity index (χ1n) is 6.61. The molecular formula is C15H11FN2O3S. The summed E-state index contributed by atoms with van der Waals surface area (Å²) in [5.74, 6) is -0.316. The first-order valence-corrected chi connectivity index (χ1v) is 8.01. The Hall–Kier alpha value is -2.38. The molecule has 1 aromatic heterocycles. The number of hydrogen-bond acceptors (Lipinski definition) is 3. The van der Waals surface area contributed by atoms with Crippen LogP contribution in [0.2, 0.25) is 0 Å². The smallest absolute Gasteiger partial charge is 0.371 e. The molecule has 1 aliphatic heterocycles. The fourth-order valence-corrected chi connectivity index (χ4v) is 3.71. The van der Waals surface area contributed by atoms with Gasteiger partial charge in [-0.05, 0) is 24.3 Å². The number of H-pyrrole nitrogens is 1. The van der Waals surface area contributed by atoms with Crippen molar-refractivity contribution in [2.24, 2.45) is 0 Å². The third-order valence-corrected chi connectivity index (χ3v) is 4.60. The second-order valence-electron chi connectivity index (χ2n) is 5.06. The van der Waals surface area contributed by atoms with Crippen LogP contribution in [0.3, 0.4) is 0 Å². The number of nitrogens with one attached hydrogen (secondary N) is 2. The summed E-state index contributed by atoms with van der Waals surface area (Å²) in [6.07, 6.45) is 1.72. The Morgan fingerprint density at radius 3 is 2.77 bits per heavy atom. The normalized spacial score (nSPS) is 19.6. The van der Waals surface area contributed by atoms with Crippen molar-refractivity contribution >= 4 is 21.2 Å². The number of aromatic nitrogens is 1. The summed E-state index contributed by atoms with van der Waals surface area (Å²) < 4.78 is 44.7. The minimum absolute atomic E-state index is 0.135. The van der Waals surface area contributed by atoms with Crippen LogP contribution in [0.15, 0.2) is 48.7 Å². The Morgan fingerprint density at radius 2 is 1.91 bits per heavy atom. The molecular weight excluding hydrogens is 307 g/mol. The van der Waals surface area contributed by atoms with Gasteiger partial charge in [-0.2, -0.15) is 13.1 Å². The molecule has 0 amide bonds. The Bertz CT molecular complexity index is 981. The number of fused-ring (bicyclic) bond motifs is 2. The molecule has 0 saturated heterocycles. The quantitative estimate of drug-likeness (QED) is 0.724. The summed E-state index contributed by atoms with van der Waals surface area (Å²) in [5, 5.41) is 0.868. The summed E-state index contributed by atoms with van der Waals surface area (Å²) in [5.41, 5.74) is 2.04. The topological polar surface area (TPSA) is 71.2 Å². The molecule has 0 spiro atoms. The maximum Gasteiger partial charge on any atom is 0.383 e. The lowest BCUT2D eigenvalue weighted by Crippen LogP contribution is -2.37. The van der Waals surface area contributed by atoms with Crippen LogP contribution in [0.1, 0.15) is 17.2 Å².